The van der Waals surface area contributed by atoms with Gasteiger partial charge in [0, 0.05) is 29.5 Å². The second kappa shape index (κ2) is 6.20. The van der Waals surface area contributed by atoms with Crippen molar-refractivity contribution in [3.05, 3.63) is 62.6 Å². The van der Waals surface area contributed by atoms with E-state index < -0.39 is 0 Å². The molecule has 1 aliphatic heterocycles. The van der Waals surface area contributed by atoms with Gasteiger partial charge in [-0.2, -0.15) is 0 Å². The van der Waals surface area contributed by atoms with Crippen LogP contribution in [0.2, 0.25) is 0 Å². The number of nitrogens with one attached hydrogen (secondary N) is 1. The van der Waals surface area contributed by atoms with Gasteiger partial charge in [0.15, 0.2) is 0 Å². The molecule has 3 heteroatoms. The van der Waals surface area contributed by atoms with E-state index in [4.69, 9.17) is 4.74 Å². The molecule has 1 N–H and O–H groups in total. The summed E-state index contributed by atoms with van der Waals surface area (Å²) in [6, 6.07) is 10.8. The molecule has 0 saturated heterocycles. The van der Waals surface area contributed by atoms with Crippen LogP contribution in [0.1, 0.15) is 27.8 Å². The first-order chi connectivity index (χ1) is 10.1. The minimum absolute atomic E-state index is 0.801. The largest absolute Gasteiger partial charge is 0.493 e. The van der Waals surface area contributed by atoms with Gasteiger partial charge in [0.2, 0.25) is 0 Å². The number of hydrogen-bond acceptors (Lipinski definition) is 2. The SMILES string of the molecule is Cc1cccc(CNCc2cc(Br)cc3c2OCC3)c1C. The fraction of sp³-hybridized carbons (Fsp3) is 0.333. The highest BCUT2D eigenvalue weighted by Gasteiger charge is 2.17. The predicted octanol–water partition coefficient (Wildman–Crippen LogP) is 4.29. The third-order valence-electron chi connectivity index (χ3n) is 4.17. The van der Waals surface area contributed by atoms with E-state index in [9.17, 15) is 0 Å². The van der Waals surface area contributed by atoms with Crippen molar-refractivity contribution in [3.8, 4) is 5.75 Å². The van der Waals surface area contributed by atoms with Crippen molar-refractivity contribution >= 4 is 15.9 Å². The smallest absolute Gasteiger partial charge is 0.127 e. The summed E-state index contributed by atoms with van der Waals surface area (Å²) in [7, 11) is 0. The van der Waals surface area contributed by atoms with E-state index in [1.807, 2.05) is 0 Å². The monoisotopic (exact) mass is 345 g/mol. The highest BCUT2D eigenvalue weighted by Crippen LogP contribution is 2.32. The normalized spacial score (nSPS) is 13.1. The minimum atomic E-state index is 0.801. The van der Waals surface area contributed by atoms with E-state index >= 15 is 0 Å². The van der Waals surface area contributed by atoms with Crippen LogP contribution in [0, 0.1) is 13.8 Å². The quantitative estimate of drug-likeness (QED) is 0.892. The van der Waals surface area contributed by atoms with E-state index in [0.717, 1.165) is 36.3 Å². The molecule has 0 amide bonds. The van der Waals surface area contributed by atoms with Crippen LogP contribution in [0.15, 0.2) is 34.8 Å². The molecular formula is C18H20BrNO. The van der Waals surface area contributed by atoms with E-state index in [-0.39, 0.29) is 0 Å². The third kappa shape index (κ3) is 3.14. The number of benzene rings is 2. The fourth-order valence-corrected chi connectivity index (χ4v) is 3.37. The van der Waals surface area contributed by atoms with Crippen LogP contribution in [0.3, 0.4) is 0 Å². The van der Waals surface area contributed by atoms with Crippen molar-refractivity contribution in [2.45, 2.75) is 33.4 Å². The second-order valence-electron chi connectivity index (χ2n) is 5.61. The summed E-state index contributed by atoms with van der Waals surface area (Å²) >= 11 is 3.59. The van der Waals surface area contributed by atoms with Gasteiger partial charge in [0.05, 0.1) is 6.61 Å². The summed E-state index contributed by atoms with van der Waals surface area (Å²) in [6.45, 7) is 6.86. The Bertz CT molecular complexity index is 667. The first-order valence-corrected chi connectivity index (χ1v) is 8.14. The molecular weight excluding hydrogens is 326 g/mol. The zero-order chi connectivity index (χ0) is 14.8. The lowest BCUT2D eigenvalue weighted by atomic mass is 10.0. The van der Waals surface area contributed by atoms with Crippen molar-refractivity contribution < 1.29 is 4.74 Å². The van der Waals surface area contributed by atoms with Gasteiger partial charge in [-0.05, 0) is 48.2 Å². The van der Waals surface area contributed by atoms with E-state index in [1.54, 1.807) is 0 Å². The number of halogens is 1. The Balaban J connectivity index is 1.70. The molecule has 0 unspecified atom stereocenters. The number of aryl methyl sites for hydroxylation is 1. The summed E-state index contributed by atoms with van der Waals surface area (Å²) in [4.78, 5) is 0. The highest BCUT2D eigenvalue weighted by molar-refractivity contribution is 9.10. The lowest BCUT2D eigenvalue weighted by Gasteiger charge is -2.12. The van der Waals surface area contributed by atoms with E-state index in [2.05, 4.69) is 65.4 Å². The fourth-order valence-electron chi connectivity index (χ4n) is 2.81. The number of hydrogen-bond donors (Lipinski definition) is 1. The van der Waals surface area contributed by atoms with Crippen LogP contribution in [0.4, 0.5) is 0 Å². The molecule has 0 spiro atoms. The Morgan fingerprint density at radius 2 is 1.95 bits per heavy atom. The zero-order valence-corrected chi connectivity index (χ0v) is 14.1. The van der Waals surface area contributed by atoms with Crippen LogP contribution in [-0.4, -0.2) is 6.61 Å². The maximum absolute atomic E-state index is 5.77. The van der Waals surface area contributed by atoms with Crippen LogP contribution in [-0.2, 0) is 19.5 Å². The van der Waals surface area contributed by atoms with E-state index in [0.29, 0.717) is 0 Å². The molecule has 0 atom stereocenters. The molecule has 2 nitrogen and oxygen atoms in total. The van der Waals surface area contributed by atoms with Crippen molar-refractivity contribution in [1.29, 1.82) is 0 Å². The van der Waals surface area contributed by atoms with Crippen LogP contribution >= 0.6 is 15.9 Å². The highest BCUT2D eigenvalue weighted by atomic mass is 79.9. The molecule has 0 aliphatic carbocycles. The summed E-state index contributed by atoms with van der Waals surface area (Å²) in [5.41, 5.74) is 6.64. The predicted molar refractivity (Wildman–Crippen MR) is 89.8 cm³/mol. The Morgan fingerprint density at radius 1 is 1.14 bits per heavy atom. The standard InChI is InChI=1S/C18H20BrNO/c1-12-4-3-5-15(13(12)2)10-20-11-16-9-17(19)8-14-6-7-21-18(14)16/h3-5,8-9,20H,6-7,10-11H2,1-2H3. The van der Waals surface area contributed by atoms with Crippen LogP contribution in [0.25, 0.3) is 0 Å². The molecule has 0 saturated carbocycles. The summed E-state index contributed by atoms with van der Waals surface area (Å²) in [5.74, 6) is 1.08. The average molecular weight is 346 g/mol. The van der Waals surface area contributed by atoms with Crippen molar-refractivity contribution in [1.82, 2.24) is 5.32 Å². The maximum atomic E-state index is 5.77. The number of fused-ring (bicyclic) bond motifs is 1. The Kier molecular flexibility index (Phi) is 4.32. The van der Waals surface area contributed by atoms with Gasteiger partial charge in [-0.25, -0.2) is 0 Å². The molecule has 1 aliphatic rings. The molecule has 0 radical (unpaired) electrons. The Morgan fingerprint density at radius 3 is 2.81 bits per heavy atom. The van der Waals surface area contributed by atoms with Gasteiger partial charge in [-0.3, -0.25) is 0 Å². The molecule has 21 heavy (non-hydrogen) atoms. The van der Waals surface area contributed by atoms with Crippen molar-refractivity contribution in [3.63, 3.8) is 0 Å². The first-order valence-electron chi connectivity index (χ1n) is 7.35. The summed E-state index contributed by atoms with van der Waals surface area (Å²) in [5, 5.41) is 3.54. The Labute approximate surface area is 134 Å². The molecule has 2 aromatic rings. The molecule has 0 bridgehead atoms. The van der Waals surface area contributed by atoms with Gasteiger partial charge in [-0.1, -0.05) is 34.1 Å². The van der Waals surface area contributed by atoms with E-state index in [1.165, 1.54) is 27.8 Å². The van der Waals surface area contributed by atoms with Crippen molar-refractivity contribution in [2.75, 3.05) is 6.61 Å². The zero-order valence-electron chi connectivity index (χ0n) is 12.5. The molecule has 1 heterocycles. The van der Waals surface area contributed by atoms with Crippen molar-refractivity contribution in [2.24, 2.45) is 0 Å². The summed E-state index contributed by atoms with van der Waals surface area (Å²) in [6.07, 6.45) is 1.01. The topological polar surface area (TPSA) is 21.3 Å². The maximum Gasteiger partial charge on any atom is 0.127 e. The summed E-state index contributed by atoms with van der Waals surface area (Å²) < 4.78 is 6.90. The van der Waals surface area contributed by atoms with Crippen LogP contribution < -0.4 is 10.1 Å². The van der Waals surface area contributed by atoms with Gasteiger partial charge >= 0.3 is 0 Å². The van der Waals surface area contributed by atoms with Gasteiger partial charge < -0.3 is 10.1 Å². The molecule has 3 rings (SSSR count). The lowest BCUT2D eigenvalue weighted by Crippen LogP contribution is -2.14. The number of rotatable bonds is 4. The lowest BCUT2D eigenvalue weighted by molar-refractivity contribution is 0.352. The molecule has 0 fully saturated rings. The molecule has 110 valence electrons. The Hall–Kier alpha value is -1.32. The first kappa shape index (κ1) is 14.6. The molecule has 0 aromatic heterocycles. The molecule has 2 aromatic carbocycles. The second-order valence-corrected chi connectivity index (χ2v) is 6.53. The van der Waals surface area contributed by atoms with Gasteiger partial charge in [0.1, 0.15) is 5.75 Å². The number of ether oxygens (including phenoxy) is 1. The van der Waals surface area contributed by atoms with Crippen LogP contribution in [0.5, 0.6) is 5.75 Å². The third-order valence-corrected chi connectivity index (χ3v) is 4.63. The van der Waals surface area contributed by atoms with Gasteiger partial charge in [-0.15, -0.1) is 0 Å². The average Bonchev–Trinajstić information content (AvgIpc) is 2.91. The minimum Gasteiger partial charge on any atom is -0.493 e. The van der Waals surface area contributed by atoms with Gasteiger partial charge in [0.25, 0.3) is 0 Å².